The molecule has 1 nitrogen and oxygen atoms in total. The normalized spacial score (nSPS) is 7.60. The van der Waals surface area contributed by atoms with E-state index in [1.54, 1.807) is 12.1 Å². The van der Waals surface area contributed by atoms with Crippen molar-refractivity contribution < 1.29 is 21.5 Å². The van der Waals surface area contributed by atoms with Crippen LogP contribution in [0.5, 0.6) is 0 Å². The van der Waals surface area contributed by atoms with Gasteiger partial charge in [0.15, 0.2) is 0 Å². The molecule has 0 atom stereocenters. The van der Waals surface area contributed by atoms with Gasteiger partial charge in [0.1, 0.15) is 0 Å². The number of nitriles is 1. The Bertz CT molecular complexity index is 254. The van der Waals surface area contributed by atoms with Gasteiger partial charge in [-0.15, -0.1) is 6.07 Å². The van der Waals surface area contributed by atoms with Gasteiger partial charge < -0.3 is 0 Å². The maximum atomic E-state index is 12.3. The SMILES string of the molecule is N#Cc1ccc[c-]c1F.[Mn]. The molecule has 0 N–H and O–H groups in total. The first-order valence-corrected chi connectivity index (χ1v) is 2.41. The Morgan fingerprint density at radius 3 is 2.70 bits per heavy atom. The van der Waals surface area contributed by atoms with Crippen LogP contribution in [0.15, 0.2) is 18.2 Å². The number of hydrogen-bond acceptors (Lipinski definition) is 1. The summed E-state index contributed by atoms with van der Waals surface area (Å²) in [7, 11) is 0. The summed E-state index contributed by atoms with van der Waals surface area (Å²) in [5, 5.41) is 8.21. The molecule has 51 valence electrons. The van der Waals surface area contributed by atoms with Gasteiger partial charge in [0, 0.05) is 29.0 Å². The predicted molar refractivity (Wildman–Crippen MR) is 30.0 cm³/mol. The van der Waals surface area contributed by atoms with E-state index in [4.69, 9.17) is 5.26 Å². The topological polar surface area (TPSA) is 23.8 Å². The molecule has 1 rings (SSSR count). The second-order valence-electron chi connectivity index (χ2n) is 1.51. The Kier molecular flexibility index (Phi) is 3.71. The van der Waals surface area contributed by atoms with Gasteiger partial charge in [-0.25, -0.2) is 9.65 Å². The fourth-order valence-corrected chi connectivity index (χ4v) is 0.503. The van der Waals surface area contributed by atoms with E-state index in [1.807, 2.05) is 0 Å². The molecule has 0 amide bonds. The molecule has 0 spiro atoms. The molecular weight excluding hydrogens is 172 g/mol. The zero-order valence-corrected chi connectivity index (χ0v) is 6.12. The summed E-state index contributed by atoms with van der Waals surface area (Å²) in [5.41, 5.74) is 0.0394. The van der Waals surface area contributed by atoms with Crippen LogP contribution in [-0.2, 0) is 17.1 Å². The molecule has 0 aromatic heterocycles. The van der Waals surface area contributed by atoms with Crippen molar-refractivity contribution in [3.8, 4) is 6.07 Å². The minimum Gasteiger partial charge on any atom is -0.235 e. The molecule has 0 fully saturated rings. The number of nitrogens with zero attached hydrogens (tertiary/aromatic N) is 1. The summed E-state index contributed by atoms with van der Waals surface area (Å²) < 4.78 is 12.3. The molecule has 3 heteroatoms. The molecule has 0 saturated carbocycles. The van der Waals surface area contributed by atoms with Gasteiger partial charge in [-0.05, 0) is 5.56 Å². The second kappa shape index (κ2) is 4.05. The molecule has 0 aliphatic carbocycles. The van der Waals surface area contributed by atoms with Gasteiger partial charge >= 0.3 is 0 Å². The van der Waals surface area contributed by atoms with E-state index < -0.39 is 5.82 Å². The Balaban J connectivity index is 0.000000810. The molecular formula is C7H3FMnN-. The summed E-state index contributed by atoms with van der Waals surface area (Å²) >= 11 is 0. The standard InChI is InChI=1S/C7H3FN.Mn/c8-7-4-2-1-3-6(7)5-9;/h1-3H;/q-1;. The summed E-state index contributed by atoms with van der Waals surface area (Å²) in [6.45, 7) is 0. The van der Waals surface area contributed by atoms with Gasteiger partial charge in [-0.2, -0.15) is 18.2 Å². The van der Waals surface area contributed by atoms with Crippen molar-refractivity contribution in [2.24, 2.45) is 0 Å². The van der Waals surface area contributed by atoms with Crippen LogP contribution in [0.4, 0.5) is 4.39 Å². The van der Waals surface area contributed by atoms with E-state index in [9.17, 15) is 4.39 Å². The summed E-state index contributed by atoms with van der Waals surface area (Å²) in [5.74, 6) is -0.583. The van der Waals surface area contributed by atoms with Crippen molar-refractivity contribution in [1.29, 1.82) is 5.26 Å². The molecule has 0 bridgehead atoms. The molecule has 0 aliphatic heterocycles. The first kappa shape index (κ1) is 9.16. The van der Waals surface area contributed by atoms with Gasteiger partial charge in [0.05, 0.1) is 0 Å². The molecule has 10 heavy (non-hydrogen) atoms. The van der Waals surface area contributed by atoms with E-state index in [-0.39, 0.29) is 22.6 Å². The second-order valence-corrected chi connectivity index (χ2v) is 1.51. The molecule has 0 unspecified atom stereocenters. The maximum absolute atomic E-state index is 12.3. The fraction of sp³-hybridized carbons (Fsp3) is 0. The third-order valence-corrected chi connectivity index (χ3v) is 0.926. The maximum Gasteiger partial charge on any atom is 0.0336 e. The van der Waals surface area contributed by atoms with Crippen LogP contribution in [0.3, 0.4) is 0 Å². The average molecular weight is 175 g/mol. The monoisotopic (exact) mass is 175 g/mol. The van der Waals surface area contributed by atoms with Crippen molar-refractivity contribution >= 4 is 0 Å². The smallest absolute Gasteiger partial charge is 0.0336 e. The Hall–Kier alpha value is -0.841. The van der Waals surface area contributed by atoms with Gasteiger partial charge in [0.25, 0.3) is 0 Å². The zero-order chi connectivity index (χ0) is 6.69. The van der Waals surface area contributed by atoms with E-state index >= 15 is 0 Å². The zero-order valence-electron chi connectivity index (χ0n) is 4.94. The summed E-state index contributed by atoms with van der Waals surface area (Å²) in [6, 6.07) is 8.36. The minimum absolute atomic E-state index is 0. The van der Waals surface area contributed by atoms with Crippen LogP contribution in [0.25, 0.3) is 0 Å². The first-order valence-electron chi connectivity index (χ1n) is 2.41. The third kappa shape index (κ3) is 1.84. The number of benzene rings is 1. The summed E-state index contributed by atoms with van der Waals surface area (Å²) in [4.78, 5) is 0. The molecule has 0 aliphatic rings. The number of hydrogen-bond donors (Lipinski definition) is 0. The third-order valence-electron chi connectivity index (χ3n) is 0.926. The number of rotatable bonds is 0. The fourth-order valence-electron chi connectivity index (χ4n) is 0.503. The Morgan fingerprint density at radius 1 is 1.60 bits per heavy atom. The Morgan fingerprint density at radius 2 is 2.30 bits per heavy atom. The van der Waals surface area contributed by atoms with Crippen LogP contribution in [0.1, 0.15) is 5.56 Å². The van der Waals surface area contributed by atoms with Gasteiger partial charge in [-0.1, -0.05) is 0 Å². The van der Waals surface area contributed by atoms with Crippen molar-refractivity contribution in [3.63, 3.8) is 0 Å². The molecule has 1 aromatic rings. The van der Waals surface area contributed by atoms with Crippen LogP contribution in [0.2, 0.25) is 0 Å². The Labute approximate surface area is 69.0 Å². The molecule has 0 saturated heterocycles. The predicted octanol–water partition coefficient (Wildman–Crippen LogP) is 1.50. The average Bonchev–Trinajstić information content (AvgIpc) is 1.89. The number of halogens is 1. The van der Waals surface area contributed by atoms with Crippen molar-refractivity contribution in [2.75, 3.05) is 0 Å². The minimum atomic E-state index is -0.583. The largest absolute Gasteiger partial charge is 0.235 e. The summed E-state index contributed by atoms with van der Waals surface area (Å²) in [6.07, 6.45) is 0. The van der Waals surface area contributed by atoms with E-state index in [1.165, 1.54) is 12.1 Å². The first-order chi connectivity index (χ1) is 4.34. The van der Waals surface area contributed by atoms with Crippen LogP contribution in [-0.4, -0.2) is 0 Å². The van der Waals surface area contributed by atoms with Crippen LogP contribution < -0.4 is 0 Å². The van der Waals surface area contributed by atoms with Crippen molar-refractivity contribution in [1.82, 2.24) is 0 Å². The van der Waals surface area contributed by atoms with Crippen LogP contribution in [0, 0.1) is 23.2 Å². The van der Waals surface area contributed by atoms with Gasteiger partial charge in [0.2, 0.25) is 0 Å². The van der Waals surface area contributed by atoms with E-state index in [2.05, 4.69) is 6.07 Å². The van der Waals surface area contributed by atoms with E-state index in [0.717, 1.165) is 0 Å². The van der Waals surface area contributed by atoms with Crippen molar-refractivity contribution in [3.05, 3.63) is 35.6 Å². The van der Waals surface area contributed by atoms with Crippen molar-refractivity contribution in [2.45, 2.75) is 0 Å². The quantitative estimate of drug-likeness (QED) is 0.433. The van der Waals surface area contributed by atoms with Gasteiger partial charge in [-0.3, -0.25) is 0 Å². The molecule has 0 heterocycles. The molecule has 1 aromatic carbocycles. The van der Waals surface area contributed by atoms with E-state index in [0.29, 0.717) is 0 Å². The molecule has 1 radical (unpaired) electrons. The van der Waals surface area contributed by atoms with Crippen LogP contribution >= 0.6 is 0 Å².